The van der Waals surface area contributed by atoms with Crippen LogP contribution in [-0.2, 0) is 19.3 Å². The zero-order valence-electron chi connectivity index (χ0n) is 14.1. The molecule has 5 heteroatoms. The van der Waals surface area contributed by atoms with Crippen molar-refractivity contribution in [3.63, 3.8) is 0 Å². The molecule has 1 amide bonds. The summed E-state index contributed by atoms with van der Waals surface area (Å²) in [5.74, 6) is -0.0274. The number of benzene rings is 1. The van der Waals surface area contributed by atoms with Gasteiger partial charge in [0.25, 0.3) is 5.91 Å². The van der Waals surface area contributed by atoms with Gasteiger partial charge in [-0.2, -0.15) is 0 Å². The van der Waals surface area contributed by atoms with E-state index in [0.29, 0.717) is 12.1 Å². The average molecular weight is 351 g/mol. The molecule has 2 aromatic heterocycles. The second kappa shape index (κ2) is 7.23. The Morgan fingerprint density at radius 3 is 2.64 bits per heavy atom. The molecule has 128 valence electrons. The van der Waals surface area contributed by atoms with Crippen LogP contribution in [0, 0.1) is 0 Å². The largest absolute Gasteiger partial charge is 0.352 e. The first kappa shape index (κ1) is 16.1. The third kappa shape index (κ3) is 3.66. The van der Waals surface area contributed by atoms with Crippen LogP contribution in [0.1, 0.15) is 38.8 Å². The van der Waals surface area contributed by atoms with E-state index < -0.39 is 0 Å². The van der Waals surface area contributed by atoms with Gasteiger partial charge in [0.05, 0.1) is 10.7 Å². The first-order chi connectivity index (χ1) is 12.3. The van der Waals surface area contributed by atoms with Gasteiger partial charge in [-0.05, 0) is 62.1 Å². The van der Waals surface area contributed by atoms with Gasteiger partial charge in [-0.15, -0.1) is 11.3 Å². The van der Waals surface area contributed by atoms with Gasteiger partial charge in [-0.1, -0.05) is 0 Å². The van der Waals surface area contributed by atoms with E-state index in [2.05, 4.69) is 5.32 Å². The standard InChI is InChI=1S/C20H21N3OS/c24-20(15-7-9-16(10-8-15)23-13-3-4-14-23)21-12-11-19-22-17-5-1-2-6-18(17)25-19/h3-4,7-10,13-14H,1-2,5-6,11-12H2,(H,21,24). The molecule has 0 bridgehead atoms. The molecular weight excluding hydrogens is 330 g/mol. The van der Waals surface area contributed by atoms with Gasteiger partial charge >= 0.3 is 0 Å². The van der Waals surface area contributed by atoms with E-state index in [9.17, 15) is 4.79 Å². The number of amides is 1. The second-order valence-corrected chi connectivity index (χ2v) is 7.50. The highest BCUT2D eigenvalue weighted by Crippen LogP contribution is 2.26. The number of hydrogen-bond acceptors (Lipinski definition) is 3. The van der Waals surface area contributed by atoms with Crippen molar-refractivity contribution >= 4 is 17.2 Å². The summed E-state index contributed by atoms with van der Waals surface area (Å²) >= 11 is 1.82. The molecule has 0 unspecified atom stereocenters. The summed E-state index contributed by atoms with van der Waals surface area (Å²) in [5.41, 5.74) is 3.03. The number of rotatable bonds is 5. The van der Waals surface area contributed by atoms with E-state index in [1.807, 2.05) is 64.7 Å². The van der Waals surface area contributed by atoms with Crippen molar-refractivity contribution in [2.24, 2.45) is 0 Å². The lowest BCUT2D eigenvalue weighted by Gasteiger charge is -2.06. The van der Waals surface area contributed by atoms with E-state index >= 15 is 0 Å². The maximum atomic E-state index is 12.3. The SMILES string of the molecule is O=C(NCCc1nc2c(s1)CCCC2)c1ccc(-n2cccc2)cc1. The minimum Gasteiger partial charge on any atom is -0.352 e. The van der Waals surface area contributed by atoms with E-state index in [1.54, 1.807) is 0 Å². The summed E-state index contributed by atoms with van der Waals surface area (Å²) in [6.45, 7) is 0.630. The smallest absolute Gasteiger partial charge is 0.251 e. The Balaban J connectivity index is 1.32. The van der Waals surface area contributed by atoms with Crippen LogP contribution >= 0.6 is 11.3 Å². The maximum Gasteiger partial charge on any atom is 0.251 e. The van der Waals surface area contributed by atoms with Crippen molar-refractivity contribution < 1.29 is 4.79 Å². The predicted octanol–water partition coefficient (Wildman–Crippen LogP) is 3.79. The summed E-state index contributed by atoms with van der Waals surface area (Å²) in [4.78, 5) is 18.5. The van der Waals surface area contributed by atoms with Crippen LogP contribution in [0.2, 0.25) is 0 Å². The van der Waals surface area contributed by atoms with Gasteiger partial charge in [0, 0.05) is 41.5 Å². The van der Waals surface area contributed by atoms with Crippen LogP contribution in [0.4, 0.5) is 0 Å². The Hall–Kier alpha value is -2.40. The molecule has 0 aliphatic heterocycles. The van der Waals surface area contributed by atoms with Gasteiger partial charge in [0.15, 0.2) is 0 Å². The highest BCUT2D eigenvalue weighted by Gasteiger charge is 2.15. The van der Waals surface area contributed by atoms with E-state index in [0.717, 1.165) is 23.5 Å². The highest BCUT2D eigenvalue weighted by molar-refractivity contribution is 7.11. The van der Waals surface area contributed by atoms with Gasteiger partial charge in [-0.25, -0.2) is 4.98 Å². The molecule has 0 spiro atoms. The molecule has 2 heterocycles. The Labute approximate surface area is 151 Å². The molecule has 1 aromatic carbocycles. The summed E-state index contributed by atoms with van der Waals surface area (Å²) < 4.78 is 2.02. The minimum absolute atomic E-state index is 0.0274. The quantitative estimate of drug-likeness (QED) is 0.760. The fourth-order valence-electron chi connectivity index (χ4n) is 3.19. The predicted molar refractivity (Wildman–Crippen MR) is 101 cm³/mol. The molecule has 4 rings (SSSR count). The molecule has 0 saturated carbocycles. The number of nitrogens with zero attached hydrogens (tertiary/aromatic N) is 2. The van der Waals surface area contributed by atoms with Crippen molar-refractivity contribution in [1.82, 2.24) is 14.9 Å². The summed E-state index contributed by atoms with van der Waals surface area (Å²) in [7, 11) is 0. The zero-order chi connectivity index (χ0) is 17.1. The molecule has 25 heavy (non-hydrogen) atoms. The fourth-order valence-corrected chi connectivity index (χ4v) is 4.35. The van der Waals surface area contributed by atoms with Crippen molar-refractivity contribution in [3.8, 4) is 5.69 Å². The molecular formula is C20H21N3OS. The Bertz CT molecular complexity index is 826. The lowest BCUT2D eigenvalue weighted by Crippen LogP contribution is -2.25. The third-order valence-corrected chi connectivity index (χ3v) is 5.76. The lowest BCUT2D eigenvalue weighted by molar-refractivity contribution is 0.0954. The van der Waals surface area contributed by atoms with Crippen LogP contribution in [0.5, 0.6) is 0 Å². The molecule has 1 aliphatic carbocycles. The highest BCUT2D eigenvalue weighted by atomic mass is 32.1. The molecule has 1 N–H and O–H groups in total. The van der Waals surface area contributed by atoms with Crippen LogP contribution in [0.25, 0.3) is 5.69 Å². The first-order valence-electron chi connectivity index (χ1n) is 8.79. The molecule has 3 aromatic rings. The normalized spacial score (nSPS) is 13.4. The maximum absolute atomic E-state index is 12.3. The summed E-state index contributed by atoms with van der Waals surface area (Å²) in [5, 5.41) is 4.15. The van der Waals surface area contributed by atoms with Crippen molar-refractivity contribution in [3.05, 3.63) is 69.9 Å². The third-order valence-electron chi connectivity index (χ3n) is 4.55. The van der Waals surface area contributed by atoms with Crippen LogP contribution in [0.15, 0.2) is 48.8 Å². The number of carbonyl (C=O) groups is 1. The lowest BCUT2D eigenvalue weighted by atomic mass is 10.0. The number of aryl methyl sites for hydroxylation is 2. The minimum atomic E-state index is -0.0274. The van der Waals surface area contributed by atoms with Crippen LogP contribution < -0.4 is 5.32 Å². The van der Waals surface area contributed by atoms with Gasteiger partial charge in [-0.3, -0.25) is 4.79 Å². The number of nitrogens with one attached hydrogen (secondary N) is 1. The number of thiazole rings is 1. The Kier molecular flexibility index (Phi) is 4.65. The fraction of sp³-hybridized carbons (Fsp3) is 0.300. The Morgan fingerprint density at radius 2 is 1.88 bits per heavy atom. The number of carbonyl (C=O) groups excluding carboxylic acids is 1. The van der Waals surface area contributed by atoms with Gasteiger partial charge in [0.2, 0.25) is 0 Å². The second-order valence-electron chi connectivity index (χ2n) is 6.33. The van der Waals surface area contributed by atoms with Crippen molar-refractivity contribution in [2.45, 2.75) is 32.1 Å². The molecule has 1 aliphatic rings. The van der Waals surface area contributed by atoms with Crippen LogP contribution in [0.3, 0.4) is 0 Å². The Morgan fingerprint density at radius 1 is 1.12 bits per heavy atom. The van der Waals surface area contributed by atoms with Crippen molar-refractivity contribution in [2.75, 3.05) is 6.54 Å². The van der Waals surface area contributed by atoms with Gasteiger partial charge < -0.3 is 9.88 Å². The van der Waals surface area contributed by atoms with E-state index in [1.165, 1.54) is 29.8 Å². The molecule has 0 atom stereocenters. The van der Waals surface area contributed by atoms with Gasteiger partial charge in [0.1, 0.15) is 0 Å². The average Bonchev–Trinajstić information content (AvgIpc) is 3.31. The first-order valence-corrected chi connectivity index (χ1v) is 9.60. The summed E-state index contributed by atoms with van der Waals surface area (Å²) in [6, 6.07) is 11.6. The van der Waals surface area contributed by atoms with Crippen molar-refractivity contribution in [1.29, 1.82) is 0 Å². The molecule has 0 fully saturated rings. The monoisotopic (exact) mass is 351 g/mol. The van der Waals surface area contributed by atoms with Crippen LogP contribution in [-0.4, -0.2) is 22.0 Å². The molecule has 4 nitrogen and oxygen atoms in total. The topological polar surface area (TPSA) is 46.9 Å². The number of aromatic nitrogens is 2. The van der Waals surface area contributed by atoms with E-state index in [4.69, 9.17) is 4.98 Å². The number of hydrogen-bond donors (Lipinski definition) is 1. The van der Waals surface area contributed by atoms with E-state index in [-0.39, 0.29) is 5.91 Å². The molecule has 0 radical (unpaired) electrons. The number of fused-ring (bicyclic) bond motifs is 1. The summed E-state index contributed by atoms with van der Waals surface area (Å²) in [6.07, 6.45) is 9.62. The zero-order valence-corrected chi connectivity index (χ0v) is 14.9. The molecule has 0 saturated heterocycles.